The number of carbonyl (C=O) groups excluding carboxylic acids is 1. The lowest BCUT2D eigenvalue weighted by molar-refractivity contribution is -0.122. The van der Waals surface area contributed by atoms with Crippen molar-refractivity contribution in [2.75, 3.05) is 13.7 Å². The summed E-state index contributed by atoms with van der Waals surface area (Å²) in [5, 5.41) is 9.20. The lowest BCUT2D eigenvalue weighted by Gasteiger charge is -2.13. The third-order valence-electron chi connectivity index (χ3n) is 6.21. The average molecular weight is 566 g/mol. The van der Waals surface area contributed by atoms with Gasteiger partial charge in [-0.1, -0.05) is 74.5 Å². The van der Waals surface area contributed by atoms with Gasteiger partial charge in [-0.15, -0.1) is 5.10 Å². The van der Waals surface area contributed by atoms with E-state index in [2.05, 4.69) is 48.3 Å². The van der Waals surface area contributed by atoms with E-state index in [0.29, 0.717) is 39.9 Å². The molecule has 0 bridgehead atoms. The number of amides is 1. The van der Waals surface area contributed by atoms with Gasteiger partial charge in [-0.2, -0.15) is 5.10 Å². The lowest BCUT2D eigenvalue weighted by atomic mass is 10.0. The Balaban J connectivity index is 1.37. The molecule has 1 saturated heterocycles. The fourth-order valence-corrected chi connectivity index (χ4v) is 5.05. The second-order valence-electron chi connectivity index (χ2n) is 9.81. The first kappa shape index (κ1) is 28.0. The number of nitrogens with zero attached hydrogens (tertiary/aromatic N) is 3. The molecule has 1 fully saturated rings. The van der Waals surface area contributed by atoms with Crippen LogP contribution in [0, 0.1) is 5.92 Å². The molecule has 7 nitrogen and oxygen atoms in total. The molecule has 0 atom stereocenters. The van der Waals surface area contributed by atoms with Crippen molar-refractivity contribution in [2.45, 2.75) is 20.4 Å². The fourth-order valence-electron chi connectivity index (χ4n) is 4.12. The number of furan rings is 1. The van der Waals surface area contributed by atoms with Crippen LogP contribution in [0.2, 0.25) is 0 Å². The second kappa shape index (κ2) is 13.2. The van der Waals surface area contributed by atoms with Gasteiger partial charge in [-0.3, -0.25) is 9.69 Å². The van der Waals surface area contributed by atoms with Crippen molar-refractivity contribution >= 4 is 35.1 Å². The zero-order valence-electron chi connectivity index (χ0n) is 23.2. The SMILES string of the molecule is COc1cc(/C=C2\S/C(=N/N=C\c3ccc(-c4ccccc4)cc3)N(Cc3ccco3)C2=O)ccc1OCC(C)C. The Bertz CT molecular complexity index is 1560. The number of amidine groups is 1. The van der Waals surface area contributed by atoms with Gasteiger partial charge < -0.3 is 13.9 Å². The Hall–Kier alpha value is -4.56. The minimum atomic E-state index is -0.174. The molecule has 0 spiro atoms. The minimum absolute atomic E-state index is 0.174. The van der Waals surface area contributed by atoms with Gasteiger partial charge in [0.15, 0.2) is 16.7 Å². The highest BCUT2D eigenvalue weighted by atomic mass is 32.2. The van der Waals surface area contributed by atoms with Gasteiger partial charge >= 0.3 is 0 Å². The molecule has 0 radical (unpaired) electrons. The molecule has 1 aliphatic heterocycles. The first-order chi connectivity index (χ1) is 20.0. The summed E-state index contributed by atoms with van der Waals surface area (Å²) >= 11 is 1.27. The summed E-state index contributed by atoms with van der Waals surface area (Å²) in [5.41, 5.74) is 4.00. The predicted octanol–water partition coefficient (Wildman–Crippen LogP) is 7.50. The summed E-state index contributed by atoms with van der Waals surface area (Å²) < 4.78 is 16.9. The number of carbonyl (C=O) groups is 1. The van der Waals surface area contributed by atoms with Crippen LogP contribution in [0.25, 0.3) is 17.2 Å². The van der Waals surface area contributed by atoms with Gasteiger partial charge in [-0.25, -0.2) is 0 Å². The Morgan fingerprint density at radius 1 is 0.927 bits per heavy atom. The molecule has 2 heterocycles. The summed E-state index contributed by atoms with van der Waals surface area (Å²) in [6.45, 7) is 5.02. The van der Waals surface area contributed by atoms with Crippen LogP contribution in [-0.4, -0.2) is 35.9 Å². The van der Waals surface area contributed by atoms with Gasteiger partial charge in [0, 0.05) is 0 Å². The van der Waals surface area contributed by atoms with Crippen LogP contribution in [0.1, 0.15) is 30.7 Å². The Morgan fingerprint density at radius 2 is 1.68 bits per heavy atom. The summed E-state index contributed by atoms with van der Waals surface area (Å²) in [7, 11) is 1.60. The van der Waals surface area contributed by atoms with E-state index < -0.39 is 0 Å². The molecule has 8 heteroatoms. The number of methoxy groups -OCH3 is 1. The Kier molecular flexibility index (Phi) is 9.01. The molecule has 1 aliphatic rings. The molecule has 0 unspecified atom stereocenters. The summed E-state index contributed by atoms with van der Waals surface area (Å²) in [6.07, 6.45) is 5.09. The van der Waals surface area contributed by atoms with Gasteiger partial charge in [0.1, 0.15) is 5.76 Å². The van der Waals surface area contributed by atoms with Crippen molar-refractivity contribution in [3.63, 3.8) is 0 Å². The standard InChI is InChI=1S/C33H31N3O4S/c1-23(2)22-40-29-16-13-25(18-30(29)38-3)19-31-32(37)36(21-28-10-7-17-39-28)33(41-31)35-34-20-24-11-14-27(15-12-24)26-8-5-4-6-9-26/h4-20,23H,21-22H2,1-3H3/b31-19-,34-20-,35-33+. The molecule has 0 N–H and O–H groups in total. The molecule has 1 amide bonds. The van der Waals surface area contributed by atoms with Crippen LogP contribution in [0.15, 0.2) is 111 Å². The van der Waals surface area contributed by atoms with Crippen LogP contribution < -0.4 is 9.47 Å². The molecule has 1 aromatic heterocycles. The molecular weight excluding hydrogens is 534 g/mol. The van der Waals surface area contributed by atoms with Gasteiger partial charge in [0.25, 0.3) is 5.91 Å². The van der Waals surface area contributed by atoms with E-state index in [1.807, 2.05) is 60.7 Å². The van der Waals surface area contributed by atoms with E-state index in [1.54, 1.807) is 30.6 Å². The molecule has 0 aliphatic carbocycles. The highest BCUT2D eigenvalue weighted by Crippen LogP contribution is 2.36. The third-order valence-corrected chi connectivity index (χ3v) is 7.20. The van der Waals surface area contributed by atoms with Crippen molar-refractivity contribution in [3.05, 3.63) is 113 Å². The first-order valence-electron chi connectivity index (χ1n) is 13.3. The van der Waals surface area contributed by atoms with Crippen molar-refractivity contribution < 1.29 is 18.7 Å². The van der Waals surface area contributed by atoms with Gasteiger partial charge in [0.2, 0.25) is 0 Å². The Morgan fingerprint density at radius 3 is 2.39 bits per heavy atom. The Labute approximate surface area is 244 Å². The number of thioether (sulfide) groups is 1. The molecule has 0 saturated carbocycles. The summed E-state index contributed by atoms with van der Waals surface area (Å²) in [4.78, 5) is 15.6. The quantitative estimate of drug-likeness (QED) is 0.113. The van der Waals surface area contributed by atoms with Crippen LogP contribution in [0.4, 0.5) is 0 Å². The summed E-state index contributed by atoms with van der Waals surface area (Å²) in [5.74, 6) is 2.15. The van der Waals surface area contributed by atoms with Crippen molar-refractivity contribution in [1.82, 2.24) is 4.90 Å². The zero-order chi connectivity index (χ0) is 28.6. The van der Waals surface area contributed by atoms with E-state index in [4.69, 9.17) is 13.9 Å². The predicted molar refractivity (Wildman–Crippen MR) is 165 cm³/mol. The molecule has 5 rings (SSSR count). The van der Waals surface area contributed by atoms with Crippen molar-refractivity contribution in [3.8, 4) is 22.6 Å². The largest absolute Gasteiger partial charge is 0.493 e. The topological polar surface area (TPSA) is 76.6 Å². The van der Waals surface area contributed by atoms with Crippen molar-refractivity contribution in [2.24, 2.45) is 16.1 Å². The maximum Gasteiger partial charge on any atom is 0.267 e. The monoisotopic (exact) mass is 565 g/mol. The average Bonchev–Trinajstić information content (AvgIpc) is 3.61. The third kappa shape index (κ3) is 7.15. The maximum absolute atomic E-state index is 13.5. The maximum atomic E-state index is 13.5. The van der Waals surface area contributed by atoms with E-state index >= 15 is 0 Å². The van der Waals surface area contributed by atoms with E-state index in [0.717, 1.165) is 22.3 Å². The molecule has 3 aromatic carbocycles. The highest BCUT2D eigenvalue weighted by molar-refractivity contribution is 8.18. The van der Waals surface area contributed by atoms with Crippen molar-refractivity contribution in [1.29, 1.82) is 0 Å². The molecule has 41 heavy (non-hydrogen) atoms. The number of hydrogen-bond acceptors (Lipinski definition) is 7. The van der Waals surface area contributed by atoms with Crippen LogP contribution in [0.5, 0.6) is 11.5 Å². The normalized spacial score (nSPS) is 15.5. The lowest BCUT2D eigenvalue weighted by Crippen LogP contribution is -2.28. The van der Waals surface area contributed by atoms with Crippen LogP contribution >= 0.6 is 11.8 Å². The molecular formula is C33H31N3O4S. The number of ether oxygens (including phenoxy) is 2. The van der Waals surface area contributed by atoms with E-state index in [-0.39, 0.29) is 12.5 Å². The fraction of sp³-hybridized carbons (Fsp3) is 0.182. The number of rotatable bonds is 10. The zero-order valence-corrected chi connectivity index (χ0v) is 24.0. The van der Waals surface area contributed by atoms with E-state index in [1.165, 1.54) is 11.8 Å². The van der Waals surface area contributed by atoms with Gasteiger partial charge in [0.05, 0.1) is 37.6 Å². The second-order valence-corrected chi connectivity index (χ2v) is 10.8. The smallest absolute Gasteiger partial charge is 0.267 e. The highest BCUT2D eigenvalue weighted by Gasteiger charge is 2.34. The minimum Gasteiger partial charge on any atom is -0.493 e. The van der Waals surface area contributed by atoms with E-state index in [9.17, 15) is 4.79 Å². The first-order valence-corrected chi connectivity index (χ1v) is 14.1. The van der Waals surface area contributed by atoms with Gasteiger partial charge in [-0.05, 0) is 70.3 Å². The number of benzene rings is 3. The van der Waals surface area contributed by atoms with Crippen LogP contribution in [-0.2, 0) is 11.3 Å². The number of hydrogen-bond donors (Lipinski definition) is 0. The van der Waals surface area contributed by atoms with Crippen LogP contribution in [0.3, 0.4) is 0 Å². The molecule has 4 aromatic rings. The molecule has 208 valence electrons. The summed E-state index contributed by atoms with van der Waals surface area (Å²) in [6, 6.07) is 27.5.